The number of esters is 1. The van der Waals surface area contributed by atoms with Crippen LogP contribution in [0.4, 0.5) is 0 Å². The molecule has 0 saturated carbocycles. The first-order valence-electron chi connectivity index (χ1n) is 7.33. The van der Waals surface area contributed by atoms with Crippen LogP contribution in [0.3, 0.4) is 0 Å². The summed E-state index contributed by atoms with van der Waals surface area (Å²) in [6.07, 6.45) is 7.96. The fourth-order valence-corrected chi connectivity index (χ4v) is 2.36. The standard InChI is InChI=1S/C19H17N2O2.HI/c1-14(22)23-18-7-3-6-16-9-11-17(20-19(16)18)10-8-15-5-4-12-21(2)13-15;/h3-13H,1-2H3;1H/q+1;/p-1/b10-8+;. The Morgan fingerprint density at radius 2 is 1.96 bits per heavy atom. The predicted molar refractivity (Wildman–Crippen MR) is 89.6 cm³/mol. The molecule has 0 unspecified atom stereocenters. The number of ether oxygens (including phenoxy) is 1. The molecule has 3 rings (SSSR count). The van der Waals surface area contributed by atoms with Gasteiger partial charge < -0.3 is 28.7 Å². The van der Waals surface area contributed by atoms with E-state index in [-0.39, 0.29) is 29.9 Å². The summed E-state index contributed by atoms with van der Waals surface area (Å²) in [6.45, 7) is 1.39. The van der Waals surface area contributed by atoms with Crippen molar-refractivity contribution in [1.29, 1.82) is 0 Å². The van der Waals surface area contributed by atoms with Gasteiger partial charge in [0.15, 0.2) is 18.1 Å². The quantitative estimate of drug-likeness (QED) is 0.257. The minimum Gasteiger partial charge on any atom is -1.00 e. The van der Waals surface area contributed by atoms with Crippen molar-refractivity contribution in [2.75, 3.05) is 0 Å². The molecule has 0 radical (unpaired) electrons. The largest absolute Gasteiger partial charge is 1.00 e. The molecule has 2 heterocycles. The molecule has 0 saturated heterocycles. The van der Waals surface area contributed by atoms with Crippen molar-refractivity contribution in [3.05, 3.63) is 66.1 Å². The van der Waals surface area contributed by atoms with Crippen LogP contribution < -0.4 is 33.3 Å². The van der Waals surface area contributed by atoms with Gasteiger partial charge >= 0.3 is 5.97 Å². The number of fused-ring (bicyclic) bond motifs is 1. The summed E-state index contributed by atoms with van der Waals surface area (Å²) < 4.78 is 7.22. The lowest BCUT2D eigenvalue weighted by Crippen LogP contribution is -3.00. The van der Waals surface area contributed by atoms with Gasteiger partial charge in [0.05, 0.1) is 5.69 Å². The highest BCUT2D eigenvalue weighted by atomic mass is 127. The molecular formula is C19H17IN2O2. The maximum absolute atomic E-state index is 11.2. The molecular weight excluding hydrogens is 415 g/mol. The number of benzene rings is 1. The summed E-state index contributed by atoms with van der Waals surface area (Å²) in [5, 5.41) is 0.937. The number of para-hydroxylation sites is 1. The zero-order chi connectivity index (χ0) is 16.2. The minimum absolute atomic E-state index is 0. The monoisotopic (exact) mass is 432 g/mol. The highest BCUT2D eigenvalue weighted by Crippen LogP contribution is 2.24. The Morgan fingerprint density at radius 3 is 2.71 bits per heavy atom. The molecule has 24 heavy (non-hydrogen) atoms. The second kappa shape index (κ2) is 8.01. The fourth-order valence-electron chi connectivity index (χ4n) is 2.36. The van der Waals surface area contributed by atoms with Gasteiger partial charge in [0.1, 0.15) is 12.6 Å². The zero-order valence-corrected chi connectivity index (χ0v) is 15.6. The number of rotatable bonds is 3. The van der Waals surface area contributed by atoms with Crippen LogP contribution in [-0.4, -0.2) is 11.0 Å². The third kappa shape index (κ3) is 4.38. The predicted octanol–water partition coefficient (Wildman–Crippen LogP) is 0.159. The number of pyridine rings is 2. The average molecular weight is 432 g/mol. The topological polar surface area (TPSA) is 43.1 Å². The molecule has 0 atom stereocenters. The molecule has 0 aliphatic rings. The van der Waals surface area contributed by atoms with Crippen molar-refractivity contribution < 1.29 is 38.1 Å². The molecule has 0 N–H and O–H groups in total. The zero-order valence-electron chi connectivity index (χ0n) is 13.4. The van der Waals surface area contributed by atoms with Crippen LogP contribution in [0.25, 0.3) is 23.1 Å². The van der Waals surface area contributed by atoms with Gasteiger partial charge in [-0.05, 0) is 30.4 Å². The number of carbonyl (C=O) groups excluding carboxylic acids is 1. The molecule has 122 valence electrons. The maximum Gasteiger partial charge on any atom is 0.308 e. The maximum atomic E-state index is 11.2. The minimum atomic E-state index is -0.350. The number of halogens is 1. The molecule has 0 amide bonds. The van der Waals surface area contributed by atoms with Gasteiger partial charge in [-0.25, -0.2) is 9.55 Å². The third-order valence-corrected chi connectivity index (χ3v) is 3.37. The summed E-state index contributed by atoms with van der Waals surface area (Å²) in [4.78, 5) is 15.8. The van der Waals surface area contributed by atoms with E-state index in [9.17, 15) is 4.79 Å². The van der Waals surface area contributed by atoms with E-state index in [0.717, 1.165) is 16.6 Å². The third-order valence-electron chi connectivity index (χ3n) is 3.37. The highest BCUT2D eigenvalue weighted by Gasteiger charge is 2.06. The van der Waals surface area contributed by atoms with Crippen LogP contribution in [0.2, 0.25) is 0 Å². The molecule has 4 nitrogen and oxygen atoms in total. The Bertz CT molecular complexity index is 907. The first-order chi connectivity index (χ1) is 11.1. The number of hydrogen-bond acceptors (Lipinski definition) is 3. The first kappa shape index (κ1) is 18.1. The molecule has 0 bridgehead atoms. The van der Waals surface area contributed by atoms with E-state index < -0.39 is 0 Å². The van der Waals surface area contributed by atoms with E-state index in [1.165, 1.54) is 6.92 Å². The van der Waals surface area contributed by atoms with Gasteiger partial charge in [-0.2, -0.15) is 0 Å². The lowest BCUT2D eigenvalue weighted by atomic mass is 10.1. The normalized spacial score (nSPS) is 10.6. The van der Waals surface area contributed by atoms with Gasteiger partial charge in [0, 0.05) is 23.9 Å². The summed E-state index contributed by atoms with van der Waals surface area (Å²) in [5.74, 6) is 0.133. The van der Waals surface area contributed by atoms with Crippen LogP contribution in [0.1, 0.15) is 18.2 Å². The van der Waals surface area contributed by atoms with Crippen molar-refractivity contribution in [3.63, 3.8) is 0 Å². The lowest BCUT2D eigenvalue weighted by molar-refractivity contribution is -0.671. The van der Waals surface area contributed by atoms with Gasteiger partial charge in [0.25, 0.3) is 0 Å². The number of aryl methyl sites for hydroxylation is 1. The van der Waals surface area contributed by atoms with Crippen molar-refractivity contribution in [2.45, 2.75) is 6.92 Å². The summed E-state index contributed by atoms with van der Waals surface area (Å²) in [7, 11) is 1.98. The van der Waals surface area contributed by atoms with Crippen molar-refractivity contribution >= 4 is 29.0 Å². The van der Waals surface area contributed by atoms with E-state index in [2.05, 4.69) is 4.98 Å². The number of aromatic nitrogens is 2. The second-order valence-electron chi connectivity index (χ2n) is 5.29. The molecule has 2 aromatic heterocycles. The van der Waals surface area contributed by atoms with E-state index in [4.69, 9.17) is 4.74 Å². The first-order valence-corrected chi connectivity index (χ1v) is 7.33. The Hall–Kier alpha value is -2.28. The van der Waals surface area contributed by atoms with Crippen LogP contribution in [0.15, 0.2) is 54.9 Å². The summed E-state index contributed by atoms with van der Waals surface area (Å²) >= 11 is 0. The van der Waals surface area contributed by atoms with Gasteiger partial charge in [-0.3, -0.25) is 4.79 Å². The van der Waals surface area contributed by atoms with E-state index in [1.807, 2.05) is 72.6 Å². The van der Waals surface area contributed by atoms with Crippen molar-refractivity contribution in [1.82, 2.24) is 4.98 Å². The second-order valence-corrected chi connectivity index (χ2v) is 5.29. The number of carbonyl (C=O) groups is 1. The number of nitrogens with zero attached hydrogens (tertiary/aromatic N) is 2. The van der Waals surface area contributed by atoms with Crippen molar-refractivity contribution in [2.24, 2.45) is 7.05 Å². The van der Waals surface area contributed by atoms with Crippen LogP contribution in [0.5, 0.6) is 5.75 Å². The van der Waals surface area contributed by atoms with Gasteiger partial charge in [0.2, 0.25) is 0 Å². The Morgan fingerprint density at radius 1 is 1.12 bits per heavy atom. The SMILES string of the molecule is CC(=O)Oc1cccc2ccc(/C=C/c3ccc[n+](C)c3)nc12.[I-]. The molecule has 0 spiro atoms. The Kier molecular flexibility index (Phi) is 6.03. The number of hydrogen-bond donors (Lipinski definition) is 0. The van der Waals surface area contributed by atoms with Gasteiger partial charge in [-0.15, -0.1) is 0 Å². The fraction of sp³-hybridized carbons (Fsp3) is 0.105. The highest BCUT2D eigenvalue weighted by molar-refractivity contribution is 5.88. The van der Waals surface area contributed by atoms with Crippen LogP contribution in [-0.2, 0) is 11.8 Å². The summed E-state index contributed by atoms with van der Waals surface area (Å²) in [5.41, 5.74) is 2.58. The Balaban J connectivity index is 0.00000208. The molecule has 5 heteroatoms. The van der Waals surface area contributed by atoms with E-state index >= 15 is 0 Å². The van der Waals surface area contributed by atoms with Crippen LogP contribution >= 0.6 is 0 Å². The molecule has 0 aliphatic heterocycles. The molecule has 3 aromatic rings. The molecule has 0 aliphatic carbocycles. The Labute approximate surface area is 157 Å². The smallest absolute Gasteiger partial charge is 0.308 e. The van der Waals surface area contributed by atoms with Gasteiger partial charge in [-0.1, -0.05) is 18.2 Å². The van der Waals surface area contributed by atoms with Crippen molar-refractivity contribution in [3.8, 4) is 5.75 Å². The average Bonchev–Trinajstić information content (AvgIpc) is 2.53. The van der Waals surface area contributed by atoms with E-state index in [1.54, 1.807) is 6.07 Å². The molecule has 1 aromatic carbocycles. The lowest BCUT2D eigenvalue weighted by Gasteiger charge is -2.05. The summed E-state index contributed by atoms with van der Waals surface area (Å²) in [6, 6.07) is 13.5. The van der Waals surface area contributed by atoms with E-state index in [0.29, 0.717) is 11.3 Å². The van der Waals surface area contributed by atoms with Crippen LogP contribution in [0, 0.1) is 0 Å². The molecule has 0 fully saturated rings.